The van der Waals surface area contributed by atoms with Gasteiger partial charge in [0.05, 0.1) is 11.9 Å². The number of aromatic amines is 1. The molecule has 29 heavy (non-hydrogen) atoms. The molecule has 3 rings (SSSR count). The van der Waals surface area contributed by atoms with Gasteiger partial charge in [0.1, 0.15) is 11.6 Å². The fraction of sp³-hybridized carbons (Fsp3) is 0.333. The molecule has 2 aromatic heterocycles. The zero-order valence-electron chi connectivity index (χ0n) is 17.3. The normalized spacial score (nSPS) is 11.2. The Kier molecular flexibility index (Phi) is 5.81. The molecule has 3 N–H and O–H groups in total. The fourth-order valence-corrected chi connectivity index (χ4v) is 2.66. The zero-order chi connectivity index (χ0) is 21.0. The van der Waals surface area contributed by atoms with Gasteiger partial charge in [0, 0.05) is 28.6 Å². The van der Waals surface area contributed by atoms with Gasteiger partial charge < -0.3 is 15.4 Å². The number of nitrogens with zero attached hydrogens (tertiary/aromatic N) is 3. The molecule has 0 fully saturated rings. The van der Waals surface area contributed by atoms with Gasteiger partial charge in [-0.05, 0) is 46.8 Å². The highest BCUT2D eigenvalue weighted by molar-refractivity contribution is 5.78. The number of aromatic nitrogens is 4. The van der Waals surface area contributed by atoms with E-state index >= 15 is 0 Å². The number of nitrogens with one attached hydrogen (secondary N) is 3. The second-order valence-corrected chi connectivity index (χ2v) is 7.83. The molecule has 3 aromatic rings. The summed E-state index contributed by atoms with van der Waals surface area (Å²) in [5, 5.41) is 12.8. The minimum Gasteiger partial charge on any atom is -0.484 e. The Morgan fingerprint density at radius 3 is 2.69 bits per heavy atom. The van der Waals surface area contributed by atoms with Crippen LogP contribution in [0.4, 0.5) is 11.5 Å². The Morgan fingerprint density at radius 2 is 2.00 bits per heavy atom. The van der Waals surface area contributed by atoms with Crippen LogP contribution in [0.15, 0.2) is 36.7 Å². The lowest BCUT2D eigenvalue weighted by molar-refractivity contribution is -0.124. The summed E-state index contributed by atoms with van der Waals surface area (Å²) in [6.45, 7) is 9.64. The first-order chi connectivity index (χ1) is 13.7. The molecule has 0 bridgehead atoms. The Labute approximate surface area is 170 Å². The Hall–Kier alpha value is -3.42. The third-order valence-electron chi connectivity index (χ3n) is 4.13. The van der Waals surface area contributed by atoms with Gasteiger partial charge in [0.15, 0.2) is 12.4 Å². The summed E-state index contributed by atoms with van der Waals surface area (Å²) in [5.41, 5.74) is 3.16. The lowest BCUT2D eigenvalue weighted by atomic mass is 10.1. The van der Waals surface area contributed by atoms with Crippen molar-refractivity contribution in [2.75, 3.05) is 11.9 Å². The minimum absolute atomic E-state index is 0.0538. The van der Waals surface area contributed by atoms with Crippen LogP contribution in [0.5, 0.6) is 5.75 Å². The van der Waals surface area contributed by atoms with Gasteiger partial charge in [-0.15, -0.1) is 0 Å². The maximum absolute atomic E-state index is 12.0. The first-order valence-corrected chi connectivity index (χ1v) is 9.36. The molecular formula is C21H26N6O2. The molecule has 0 saturated heterocycles. The van der Waals surface area contributed by atoms with Crippen molar-refractivity contribution in [3.63, 3.8) is 0 Å². The van der Waals surface area contributed by atoms with E-state index in [4.69, 9.17) is 4.74 Å². The van der Waals surface area contributed by atoms with E-state index in [1.807, 2.05) is 52.8 Å². The third-order valence-corrected chi connectivity index (χ3v) is 4.13. The molecule has 8 heteroatoms. The van der Waals surface area contributed by atoms with Crippen LogP contribution in [-0.2, 0) is 4.79 Å². The van der Waals surface area contributed by atoms with Crippen LogP contribution in [0.25, 0.3) is 11.4 Å². The van der Waals surface area contributed by atoms with Crippen molar-refractivity contribution >= 4 is 17.4 Å². The van der Waals surface area contributed by atoms with Crippen molar-refractivity contribution in [1.29, 1.82) is 0 Å². The highest BCUT2D eigenvalue weighted by Crippen LogP contribution is 2.26. The number of hydrogen-bond acceptors (Lipinski definition) is 6. The molecule has 0 aliphatic heterocycles. The monoisotopic (exact) mass is 394 g/mol. The van der Waals surface area contributed by atoms with Crippen molar-refractivity contribution in [1.82, 2.24) is 25.5 Å². The highest BCUT2D eigenvalue weighted by Gasteiger charge is 2.15. The maximum atomic E-state index is 12.0. The molecule has 1 amide bonds. The first kappa shape index (κ1) is 20.3. The Morgan fingerprint density at radius 1 is 1.21 bits per heavy atom. The van der Waals surface area contributed by atoms with Gasteiger partial charge in [0.25, 0.3) is 5.91 Å². The average molecular weight is 394 g/mol. The first-order valence-electron chi connectivity index (χ1n) is 9.36. The number of aryl methyl sites for hydroxylation is 1. The van der Waals surface area contributed by atoms with E-state index in [1.54, 1.807) is 18.5 Å². The number of ether oxygens (including phenoxy) is 1. The van der Waals surface area contributed by atoms with Crippen LogP contribution in [0.1, 0.15) is 32.0 Å². The van der Waals surface area contributed by atoms with Crippen LogP contribution in [0.2, 0.25) is 0 Å². The standard InChI is InChI=1S/C21H26N6O2/c1-13-14(2)24-20(26-19(13)25-16-10-22-23-11-16)15-7-6-8-17(9-15)29-12-18(28)27-21(3,4)5/h6-11H,12H2,1-5H3,(H,22,23)(H,27,28)(H,24,25,26). The molecule has 2 heterocycles. The van der Waals surface area contributed by atoms with Crippen molar-refractivity contribution in [3.05, 3.63) is 47.9 Å². The molecule has 8 nitrogen and oxygen atoms in total. The number of benzene rings is 1. The number of hydrogen-bond donors (Lipinski definition) is 3. The molecular weight excluding hydrogens is 368 g/mol. The number of anilines is 2. The molecule has 0 atom stereocenters. The van der Waals surface area contributed by atoms with Gasteiger partial charge in [-0.1, -0.05) is 12.1 Å². The lowest BCUT2D eigenvalue weighted by Crippen LogP contribution is -2.43. The number of amides is 1. The van der Waals surface area contributed by atoms with E-state index in [1.165, 1.54) is 0 Å². The Balaban J connectivity index is 1.79. The van der Waals surface area contributed by atoms with E-state index in [2.05, 4.69) is 30.8 Å². The quantitative estimate of drug-likeness (QED) is 0.591. The van der Waals surface area contributed by atoms with Crippen molar-refractivity contribution in [3.8, 4) is 17.1 Å². The van der Waals surface area contributed by atoms with E-state index in [9.17, 15) is 4.79 Å². The number of H-pyrrole nitrogens is 1. The lowest BCUT2D eigenvalue weighted by Gasteiger charge is -2.20. The van der Waals surface area contributed by atoms with Gasteiger partial charge in [-0.25, -0.2) is 9.97 Å². The van der Waals surface area contributed by atoms with Gasteiger partial charge in [0.2, 0.25) is 0 Å². The Bertz CT molecular complexity index is 993. The molecule has 0 unspecified atom stereocenters. The molecule has 0 saturated carbocycles. The SMILES string of the molecule is Cc1nc(-c2cccc(OCC(=O)NC(C)(C)C)c2)nc(Nc2cn[nH]c2)c1C. The van der Waals surface area contributed by atoms with Crippen LogP contribution in [-0.4, -0.2) is 38.2 Å². The number of carbonyl (C=O) groups is 1. The molecule has 0 aliphatic carbocycles. The maximum Gasteiger partial charge on any atom is 0.258 e. The van der Waals surface area contributed by atoms with E-state index in [-0.39, 0.29) is 18.1 Å². The summed E-state index contributed by atoms with van der Waals surface area (Å²) in [6.07, 6.45) is 3.45. The van der Waals surface area contributed by atoms with E-state index < -0.39 is 0 Å². The third kappa shape index (κ3) is 5.54. The van der Waals surface area contributed by atoms with Crippen molar-refractivity contribution in [2.45, 2.75) is 40.2 Å². The van der Waals surface area contributed by atoms with E-state index in [0.717, 1.165) is 22.5 Å². The number of rotatable bonds is 6. The highest BCUT2D eigenvalue weighted by atomic mass is 16.5. The minimum atomic E-state index is -0.298. The summed E-state index contributed by atoms with van der Waals surface area (Å²) < 4.78 is 5.65. The van der Waals surface area contributed by atoms with Crippen molar-refractivity contribution in [2.24, 2.45) is 0 Å². The van der Waals surface area contributed by atoms with Crippen LogP contribution < -0.4 is 15.4 Å². The largest absolute Gasteiger partial charge is 0.484 e. The predicted molar refractivity (Wildman–Crippen MR) is 112 cm³/mol. The molecule has 0 aliphatic rings. The molecule has 152 valence electrons. The topological polar surface area (TPSA) is 105 Å². The second-order valence-electron chi connectivity index (χ2n) is 7.83. The number of carbonyl (C=O) groups excluding carboxylic acids is 1. The summed E-state index contributed by atoms with van der Waals surface area (Å²) in [4.78, 5) is 21.3. The van der Waals surface area contributed by atoms with Crippen LogP contribution >= 0.6 is 0 Å². The second kappa shape index (κ2) is 8.30. The smallest absolute Gasteiger partial charge is 0.258 e. The fourth-order valence-electron chi connectivity index (χ4n) is 2.66. The van der Waals surface area contributed by atoms with Gasteiger partial charge in [-0.2, -0.15) is 5.10 Å². The predicted octanol–water partition coefficient (Wildman–Crippen LogP) is 3.52. The molecule has 0 radical (unpaired) electrons. The summed E-state index contributed by atoms with van der Waals surface area (Å²) in [7, 11) is 0. The summed E-state index contributed by atoms with van der Waals surface area (Å²) in [5.74, 6) is 1.70. The van der Waals surface area contributed by atoms with Crippen LogP contribution in [0.3, 0.4) is 0 Å². The van der Waals surface area contributed by atoms with Crippen LogP contribution in [0, 0.1) is 13.8 Å². The van der Waals surface area contributed by atoms with E-state index in [0.29, 0.717) is 17.4 Å². The molecule has 1 aromatic carbocycles. The van der Waals surface area contributed by atoms with Gasteiger partial charge in [-0.3, -0.25) is 9.89 Å². The average Bonchev–Trinajstić information content (AvgIpc) is 3.15. The van der Waals surface area contributed by atoms with Crippen molar-refractivity contribution < 1.29 is 9.53 Å². The molecule has 0 spiro atoms. The summed E-state index contributed by atoms with van der Waals surface area (Å²) in [6, 6.07) is 7.40. The summed E-state index contributed by atoms with van der Waals surface area (Å²) >= 11 is 0. The zero-order valence-corrected chi connectivity index (χ0v) is 17.3. The van der Waals surface area contributed by atoms with Gasteiger partial charge >= 0.3 is 0 Å².